The Morgan fingerprint density at radius 3 is 2.55 bits per heavy atom. The number of rotatable bonds is 7. The Labute approximate surface area is 246 Å². The second-order valence-electron chi connectivity index (χ2n) is 8.98. The van der Waals surface area contributed by atoms with Crippen LogP contribution in [-0.2, 0) is 16.0 Å². The summed E-state index contributed by atoms with van der Waals surface area (Å²) in [7, 11) is 0. The molecule has 2 amide bonds. The summed E-state index contributed by atoms with van der Waals surface area (Å²) in [4.78, 5) is 34.4. The Morgan fingerprint density at radius 2 is 1.83 bits per heavy atom. The molecule has 9 nitrogen and oxygen atoms in total. The molecule has 1 fully saturated rings. The summed E-state index contributed by atoms with van der Waals surface area (Å²) in [6, 6.07) is 17.8. The van der Waals surface area contributed by atoms with Crippen molar-refractivity contribution in [2.75, 3.05) is 17.3 Å². The van der Waals surface area contributed by atoms with Gasteiger partial charge in [-0.25, -0.2) is 14.5 Å². The third-order valence-electron chi connectivity index (χ3n) is 5.95. The van der Waals surface area contributed by atoms with E-state index in [1.165, 1.54) is 40.2 Å². The molecule has 0 aliphatic carbocycles. The molecule has 2 heterocycles. The number of aliphatic imine (C=N–C) groups is 1. The minimum absolute atomic E-state index is 0.0691. The molecular formula is C28H21ClF3N5O4S. The van der Waals surface area contributed by atoms with Crippen LogP contribution in [0.25, 0.3) is 17.1 Å². The van der Waals surface area contributed by atoms with Crippen LogP contribution in [0.2, 0.25) is 5.02 Å². The average Bonchev–Trinajstić information content (AvgIpc) is 3.57. The first kappa shape index (κ1) is 29.1. The maximum atomic E-state index is 12.5. The normalized spacial score (nSPS) is 14.5. The van der Waals surface area contributed by atoms with Crippen molar-refractivity contribution in [1.29, 1.82) is 0 Å². The maximum absolute atomic E-state index is 12.5. The number of halogens is 4. The number of carbonyl (C=O) groups is 2. The predicted molar refractivity (Wildman–Crippen MR) is 152 cm³/mol. The lowest BCUT2D eigenvalue weighted by atomic mass is 10.1. The van der Waals surface area contributed by atoms with Gasteiger partial charge in [-0.15, -0.1) is 18.3 Å². The lowest BCUT2D eigenvalue weighted by molar-refractivity contribution is -0.274. The van der Waals surface area contributed by atoms with Gasteiger partial charge in [-0.2, -0.15) is 4.99 Å². The van der Waals surface area contributed by atoms with Crippen molar-refractivity contribution in [1.82, 2.24) is 14.8 Å². The fourth-order valence-electron chi connectivity index (χ4n) is 3.98. The highest BCUT2D eigenvalue weighted by Crippen LogP contribution is 2.33. The summed E-state index contributed by atoms with van der Waals surface area (Å²) in [5.41, 5.74) is 3.49. The molecule has 1 saturated heterocycles. The van der Waals surface area contributed by atoms with Gasteiger partial charge in [0.25, 0.3) is 0 Å². The van der Waals surface area contributed by atoms with Gasteiger partial charge in [0.05, 0.1) is 28.8 Å². The van der Waals surface area contributed by atoms with E-state index >= 15 is 0 Å². The third-order valence-corrected chi connectivity index (χ3v) is 7.19. The van der Waals surface area contributed by atoms with Gasteiger partial charge >= 0.3 is 12.5 Å². The van der Waals surface area contributed by atoms with Crippen molar-refractivity contribution in [2.24, 2.45) is 4.99 Å². The predicted octanol–water partition coefficient (Wildman–Crippen LogP) is 6.61. The number of anilines is 1. The van der Waals surface area contributed by atoms with Crippen molar-refractivity contribution in [3.05, 3.63) is 89.2 Å². The second-order valence-corrected chi connectivity index (χ2v) is 10.3. The van der Waals surface area contributed by atoms with E-state index < -0.39 is 12.5 Å². The molecule has 5 rings (SSSR count). The number of amides is 2. The molecule has 0 radical (unpaired) electrons. The fourth-order valence-corrected chi connectivity index (χ4v) is 5.04. The van der Waals surface area contributed by atoms with E-state index in [1.54, 1.807) is 12.1 Å². The van der Waals surface area contributed by atoms with Gasteiger partial charge in [-0.3, -0.25) is 9.69 Å². The first-order valence-electron chi connectivity index (χ1n) is 12.4. The standard InChI is InChI=1S/C28H21ClF3N5O4S/c1-17-2-11-22(29)23(14-17)37-24(38)15-42-26(37)34-27(39)40-13-12-18-3-5-19(6-4-18)25-33-16-36(35-25)20-7-9-21(10-8-20)41-28(30,31)32/h2-11,14,16H,12-13,15H2,1H3/b34-26-. The van der Waals surface area contributed by atoms with E-state index in [0.717, 1.165) is 28.5 Å². The number of amidine groups is 1. The van der Waals surface area contributed by atoms with Crippen molar-refractivity contribution >= 4 is 46.2 Å². The number of hydrogen-bond acceptors (Lipinski definition) is 7. The molecule has 0 saturated carbocycles. The molecule has 1 aliphatic rings. The molecule has 0 spiro atoms. The second kappa shape index (κ2) is 12.2. The Kier molecular flexibility index (Phi) is 8.50. The molecule has 42 heavy (non-hydrogen) atoms. The van der Waals surface area contributed by atoms with E-state index in [2.05, 4.69) is 19.8 Å². The van der Waals surface area contributed by atoms with Crippen LogP contribution in [-0.4, -0.2) is 50.7 Å². The van der Waals surface area contributed by atoms with Crippen LogP contribution < -0.4 is 9.64 Å². The van der Waals surface area contributed by atoms with Gasteiger partial charge in [-0.05, 0) is 54.4 Å². The highest BCUT2D eigenvalue weighted by Gasteiger charge is 2.32. The van der Waals surface area contributed by atoms with Crippen LogP contribution in [0, 0.1) is 6.92 Å². The number of nitrogens with zero attached hydrogens (tertiary/aromatic N) is 5. The van der Waals surface area contributed by atoms with Crippen LogP contribution in [0.5, 0.6) is 5.75 Å². The number of ether oxygens (including phenoxy) is 2. The van der Waals surface area contributed by atoms with Gasteiger partial charge in [0.15, 0.2) is 11.0 Å². The maximum Gasteiger partial charge on any atom is 0.573 e. The number of hydrogen-bond donors (Lipinski definition) is 0. The van der Waals surface area contributed by atoms with Crippen LogP contribution in [0.4, 0.5) is 23.7 Å². The quantitative estimate of drug-likeness (QED) is 0.231. The zero-order valence-electron chi connectivity index (χ0n) is 21.8. The third kappa shape index (κ3) is 7.09. The number of alkyl halides is 3. The first-order valence-corrected chi connectivity index (χ1v) is 13.8. The monoisotopic (exact) mass is 615 g/mol. The zero-order valence-corrected chi connectivity index (χ0v) is 23.4. The summed E-state index contributed by atoms with van der Waals surface area (Å²) >= 11 is 7.41. The number of aromatic nitrogens is 3. The molecule has 216 valence electrons. The smallest absolute Gasteiger partial charge is 0.448 e. The molecule has 0 N–H and O–H groups in total. The van der Waals surface area contributed by atoms with Gasteiger partial charge in [0.1, 0.15) is 12.1 Å². The minimum Gasteiger partial charge on any atom is -0.448 e. The molecule has 1 aliphatic heterocycles. The zero-order chi connectivity index (χ0) is 29.9. The highest BCUT2D eigenvalue weighted by molar-refractivity contribution is 8.15. The summed E-state index contributed by atoms with van der Waals surface area (Å²) in [6.07, 6.45) is -3.71. The van der Waals surface area contributed by atoms with Crippen LogP contribution >= 0.6 is 23.4 Å². The lowest BCUT2D eigenvalue weighted by Crippen LogP contribution is -2.30. The summed E-state index contributed by atoms with van der Waals surface area (Å²) in [5, 5.41) is 4.96. The number of benzene rings is 3. The summed E-state index contributed by atoms with van der Waals surface area (Å²) < 4.78 is 47.7. The average molecular weight is 616 g/mol. The highest BCUT2D eigenvalue weighted by atomic mass is 35.5. The van der Waals surface area contributed by atoms with E-state index in [1.807, 2.05) is 37.3 Å². The van der Waals surface area contributed by atoms with Gasteiger partial charge < -0.3 is 9.47 Å². The Morgan fingerprint density at radius 1 is 1.10 bits per heavy atom. The Bertz CT molecular complexity index is 1640. The molecule has 4 aromatic rings. The van der Waals surface area contributed by atoms with Crippen molar-refractivity contribution < 1.29 is 32.2 Å². The topological polar surface area (TPSA) is 98.9 Å². The van der Waals surface area contributed by atoms with Gasteiger partial charge in [0, 0.05) is 12.0 Å². The molecule has 3 aromatic carbocycles. The van der Waals surface area contributed by atoms with Crippen LogP contribution in [0.15, 0.2) is 78.0 Å². The Hall–Kier alpha value is -4.36. The van der Waals surface area contributed by atoms with E-state index in [0.29, 0.717) is 28.6 Å². The van der Waals surface area contributed by atoms with Gasteiger partial charge in [0.2, 0.25) is 5.91 Å². The molecular weight excluding hydrogens is 595 g/mol. The van der Waals surface area contributed by atoms with E-state index in [-0.39, 0.29) is 29.2 Å². The lowest BCUT2D eigenvalue weighted by Gasteiger charge is -2.17. The Balaban J connectivity index is 1.16. The molecule has 14 heteroatoms. The SMILES string of the molecule is Cc1ccc(Cl)c(N2C(=O)CS/C2=N\C(=O)OCCc2ccc(-c3ncn(-c4ccc(OC(F)(F)F)cc4)n3)cc2)c1. The number of aryl methyl sites for hydroxylation is 1. The summed E-state index contributed by atoms with van der Waals surface area (Å²) in [6.45, 7) is 1.94. The van der Waals surface area contributed by atoms with Crippen LogP contribution in [0.1, 0.15) is 11.1 Å². The number of thioether (sulfide) groups is 1. The van der Waals surface area contributed by atoms with E-state index in [9.17, 15) is 22.8 Å². The minimum atomic E-state index is -4.76. The van der Waals surface area contributed by atoms with Gasteiger partial charge in [-0.1, -0.05) is 53.7 Å². The number of carbonyl (C=O) groups excluding carboxylic acids is 2. The van der Waals surface area contributed by atoms with E-state index in [4.69, 9.17) is 16.3 Å². The molecule has 0 atom stereocenters. The fraction of sp³-hybridized carbons (Fsp3) is 0.179. The first-order chi connectivity index (χ1) is 20.1. The largest absolute Gasteiger partial charge is 0.573 e. The van der Waals surface area contributed by atoms with Crippen molar-refractivity contribution in [3.63, 3.8) is 0 Å². The van der Waals surface area contributed by atoms with Crippen molar-refractivity contribution in [2.45, 2.75) is 19.7 Å². The molecule has 0 unspecified atom stereocenters. The summed E-state index contributed by atoms with van der Waals surface area (Å²) in [5.74, 6) is -0.00545. The van der Waals surface area contributed by atoms with Crippen molar-refractivity contribution in [3.8, 4) is 22.8 Å². The molecule has 0 bridgehead atoms. The van der Waals surface area contributed by atoms with Crippen LogP contribution in [0.3, 0.4) is 0 Å². The molecule has 1 aromatic heterocycles.